The summed E-state index contributed by atoms with van der Waals surface area (Å²) in [5.41, 5.74) is 3.07. The van der Waals surface area contributed by atoms with Crippen LogP contribution >= 0.6 is 11.3 Å². The number of carbonyl (C=O) groups excluding carboxylic acids is 1. The number of esters is 1. The highest BCUT2D eigenvalue weighted by molar-refractivity contribution is 7.07. The summed E-state index contributed by atoms with van der Waals surface area (Å²) in [4.78, 5) is 32.6. The maximum atomic E-state index is 14.2. The fourth-order valence-electron chi connectivity index (χ4n) is 5.81. The first-order chi connectivity index (χ1) is 22.9. The quantitative estimate of drug-likeness (QED) is 0.156. The van der Waals surface area contributed by atoms with Crippen LogP contribution in [-0.2, 0) is 16.1 Å². The van der Waals surface area contributed by atoms with Crippen molar-refractivity contribution in [1.29, 1.82) is 0 Å². The number of allylic oxidation sites excluding steroid dienone is 1. The molecule has 0 unspecified atom stereocenters. The van der Waals surface area contributed by atoms with Gasteiger partial charge in [0.2, 0.25) is 0 Å². The average molecular weight is 649 g/mol. The Balaban J connectivity index is 1.39. The molecule has 1 atom stereocenters. The van der Waals surface area contributed by atoms with Gasteiger partial charge in [-0.1, -0.05) is 78.1 Å². The summed E-state index contributed by atoms with van der Waals surface area (Å²) in [7, 11) is 0. The van der Waals surface area contributed by atoms with Gasteiger partial charge in [0.1, 0.15) is 18.4 Å². The van der Waals surface area contributed by atoms with Crippen LogP contribution in [0.2, 0.25) is 0 Å². The van der Waals surface area contributed by atoms with E-state index in [0.717, 1.165) is 21.9 Å². The predicted octanol–water partition coefficient (Wildman–Crippen LogP) is 6.33. The van der Waals surface area contributed by atoms with E-state index in [4.69, 9.17) is 23.9 Å². The summed E-state index contributed by atoms with van der Waals surface area (Å²) in [6, 6.07) is 26.7. The number of carbonyl (C=O) groups is 1. The van der Waals surface area contributed by atoms with Gasteiger partial charge in [-0.15, -0.1) is 0 Å². The standard InChI is InChI=1S/C38H36N2O6S/c1-5-43-30-18-11-10-17-29(30)35-34(37(42)45-7-3)24(4)39-38-40(35)36(41)33(47-38)22-25-19-20-31(32(21-25)44-6-2)46-23-27-15-12-14-26-13-8-9-16-28(26)27/h8-22,35H,5-7,23H2,1-4H3/b33-22-/t35-/m0/s1. The van der Waals surface area contributed by atoms with Crippen LogP contribution in [0.15, 0.2) is 106 Å². The van der Waals surface area contributed by atoms with Crippen molar-refractivity contribution < 1.29 is 23.7 Å². The average Bonchev–Trinajstić information content (AvgIpc) is 3.38. The van der Waals surface area contributed by atoms with E-state index < -0.39 is 12.0 Å². The van der Waals surface area contributed by atoms with Gasteiger partial charge in [-0.25, -0.2) is 9.79 Å². The van der Waals surface area contributed by atoms with Crippen molar-refractivity contribution in [3.8, 4) is 17.2 Å². The molecule has 1 aliphatic rings. The highest BCUT2D eigenvalue weighted by Gasteiger charge is 2.35. The van der Waals surface area contributed by atoms with E-state index in [9.17, 15) is 9.59 Å². The van der Waals surface area contributed by atoms with Crippen molar-refractivity contribution in [2.75, 3.05) is 19.8 Å². The van der Waals surface area contributed by atoms with Crippen molar-refractivity contribution >= 4 is 34.2 Å². The molecule has 0 radical (unpaired) electrons. The maximum absolute atomic E-state index is 14.2. The van der Waals surface area contributed by atoms with E-state index in [-0.39, 0.29) is 12.2 Å². The summed E-state index contributed by atoms with van der Waals surface area (Å²) in [5, 5.41) is 2.30. The third kappa shape index (κ3) is 6.44. The minimum absolute atomic E-state index is 0.198. The monoisotopic (exact) mass is 648 g/mol. The fourth-order valence-corrected chi connectivity index (χ4v) is 6.85. The zero-order valence-corrected chi connectivity index (χ0v) is 27.6. The Morgan fingerprint density at radius 2 is 1.60 bits per heavy atom. The highest BCUT2D eigenvalue weighted by atomic mass is 32.1. The van der Waals surface area contributed by atoms with Gasteiger partial charge in [-0.2, -0.15) is 0 Å². The van der Waals surface area contributed by atoms with Crippen LogP contribution in [-0.4, -0.2) is 30.4 Å². The van der Waals surface area contributed by atoms with Gasteiger partial charge in [0.05, 0.1) is 35.6 Å². The lowest BCUT2D eigenvalue weighted by molar-refractivity contribution is -0.139. The van der Waals surface area contributed by atoms with Crippen LogP contribution in [0.4, 0.5) is 0 Å². The number of hydrogen-bond donors (Lipinski definition) is 0. The van der Waals surface area contributed by atoms with Crippen molar-refractivity contribution in [2.45, 2.75) is 40.3 Å². The second-order valence-electron chi connectivity index (χ2n) is 10.8. The van der Waals surface area contributed by atoms with Gasteiger partial charge in [0.15, 0.2) is 16.3 Å². The van der Waals surface area contributed by atoms with Gasteiger partial charge in [0.25, 0.3) is 5.56 Å². The maximum Gasteiger partial charge on any atom is 0.338 e. The molecule has 2 heterocycles. The number of hydrogen-bond acceptors (Lipinski definition) is 8. The minimum Gasteiger partial charge on any atom is -0.494 e. The zero-order chi connectivity index (χ0) is 32.9. The number of fused-ring (bicyclic) bond motifs is 2. The molecule has 0 fully saturated rings. The van der Waals surface area contributed by atoms with Crippen molar-refractivity contribution in [3.05, 3.63) is 133 Å². The number of thiazole rings is 1. The zero-order valence-electron chi connectivity index (χ0n) is 26.8. The summed E-state index contributed by atoms with van der Waals surface area (Å²) in [5.74, 6) is 1.27. The predicted molar refractivity (Wildman–Crippen MR) is 184 cm³/mol. The smallest absolute Gasteiger partial charge is 0.338 e. The van der Waals surface area contributed by atoms with Crippen LogP contribution in [0.1, 0.15) is 50.4 Å². The Hall–Kier alpha value is -5.15. The Kier molecular flexibility index (Phi) is 9.54. The molecule has 1 aliphatic heterocycles. The topological polar surface area (TPSA) is 88.4 Å². The summed E-state index contributed by atoms with van der Waals surface area (Å²) in [6.45, 7) is 8.79. The van der Waals surface area contributed by atoms with Gasteiger partial charge < -0.3 is 18.9 Å². The number of para-hydroxylation sites is 1. The molecule has 9 heteroatoms. The Labute approximate surface area is 276 Å². The molecule has 1 aromatic heterocycles. The SMILES string of the molecule is CCOC(=O)C1=C(C)N=c2s/c(=C\c3ccc(OCc4cccc5ccccc45)c(OCC)c3)c(=O)n2[C@H]1c1ccccc1OCC. The van der Waals surface area contributed by atoms with Crippen molar-refractivity contribution in [2.24, 2.45) is 4.99 Å². The summed E-state index contributed by atoms with van der Waals surface area (Å²) < 4.78 is 25.6. The lowest BCUT2D eigenvalue weighted by Crippen LogP contribution is -2.40. The van der Waals surface area contributed by atoms with E-state index in [2.05, 4.69) is 24.3 Å². The molecule has 5 aromatic rings. The first kappa shape index (κ1) is 31.8. The van der Waals surface area contributed by atoms with E-state index >= 15 is 0 Å². The molecule has 47 heavy (non-hydrogen) atoms. The lowest BCUT2D eigenvalue weighted by atomic mass is 9.95. The summed E-state index contributed by atoms with van der Waals surface area (Å²) in [6.07, 6.45) is 1.82. The molecule has 240 valence electrons. The normalized spacial score (nSPS) is 14.5. The van der Waals surface area contributed by atoms with Crippen molar-refractivity contribution in [3.63, 3.8) is 0 Å². The van der Waals surface area contributed by atoms with Crippen LogP contribution in [0.3, 0.4) is 0 Å². The van der Waals surface area contributed by atoms with Gasteiger partial charge in [0, 0.05) is 5.56 Å². The molecular formula is C38H36N2O6S. The van der Waals surface area contributed by atoms with Gasteiger partial charge >= 0.3 is 5.97 Å². The van der Waals surface area contributed by atoms with Gasteiger partial charge in [-0.3, -0.25) is 9.36 Å². The molecule has 0 amide bonds. The second-order valence-corrected chi connectivity index (χ2v) is 11.8. The van der Waals surface area contributed by atoms with Gasteiger partial charge in [-0.05, 0) is 73.9 Å². The molecule has 0 aliphatic carbocycles. The molecule has 4 aromatic carbocycles. The van der Waals surface area contributed by atoms with Crippen LogP contribution in [0.5, 0.6) is 17.2 Å². The third-order valence-electron chi connectivity index (χ3n) is 7.86. The van der Waals surface area contributed by atoms with E-state index in [0.29, 0.717) is 63.2 Å². The van der Waals surface area contributed by atoms with Crippen molar-refractivity contribution in [1.82, 2.24) is 4.57 Å². The molecule has 8 nitrogen and oxygen atoms in total. The number of nitrogens with zero attached hydrogens (tertiary/aromatic N) is 2. The molecule has 0 bridgehead atoms. The lowest BCUT2D eigenvalue weighted by Gasteiger charge is -2.26. The Morgan fingerprint density at radius 3 is 2.40 bits per heavy atom. The van der Waals surface area contributed by atoms with E-state index in [1.54, 1.807) is 18.4 Å². The Bertz CT molecular complexity index is 2160. The summed E-state index contributed by atoms with van der Waals surface area (Å²) >= 11 is 1.27. The van der Waals surface area contributed by atoms with E-state index in [1.807, 2.05) is 80.6 Å². The first-order valence-corrected chi connectivity index (χ1v) is 16.5. The Morgan fingerprint density at radius 1 is 0.851 bits per heavy atom. The molecular weight excluding hydrogens is 612 g/mol. The fraction of sp³-hybridized carbons (Fsp3) is 0.237. The number of rotatable bonds is 11. The minimum atomic E-state index is -0.765. The van der Waals surface area contributed by atoms with Crippen LogP contribution in [0.25, 0.3) is 16.8 Å². The van der Waals surface area contributed by atoms with E-state index in [1.165, 1.54) is 11.3 Å². The largest absolute Gasteiger partial charge is 0.494 e. The second kappa shape index (κ2) is 14.1. The van der Waals surface area contributed by atoms with Crippen LogP contribution < -0.4 is 29.1 Å². The highest BCUT2D eigenvalue weighted by Crippen LogP contribution is 2.36. The first-order valence-electron chi connectivity index (χ1n) is 15.7. The third-order valence-corrected chi connectivity index (χ3v) is 8.84. The molecule has 6 rings (SSSR count). The molecule has 0 N–H and O–H groups in total. The number of benzene rings is 4. The number of ether oxygens (including phenoxy) is 4. The van der Waals surface area contributed by atoms with Crippen LogP contribution in [0, 0.1) is 0 Å². The number of aromatic nitrogens is 1. The molecule has 0 saturated heterocycles. The molecule has 0 saturated carbocycles. The molecule has 0 spiro atoms.